The second-order valence-corrected chi connectivity index (χ2v) is 12.4. The lowest BCUT2D eigenvalue weighted by Gasteiger charge is -2.26. The van der Waals surface area contributed by atoms with Gasteiger partial charge in [0.2, 0.25) is 10.0 Å². The molecule has 3 rings (SSSR count). The fourth-order valence-electron chi connectivity index (χ4n) is 3.11. The normalized spacial score (nSPS) is 16.1. The molecule has 0 unspecified atom stereocenters. The van der Waals surface area contributed by atoms with Crippen molar-refractivity contribution in [3.05, 3.63) is 35.2 Å². The van der Waals surface area contributed by atoms with Crippen LogP contribution in [0.3, 0.4) is 0 Å². The van der Waals surface area contributed by atoms with Crippen molar-refractivity contribution in [1.29, 1.82) is 0 Å². The van der Waals surface area contributed by atoms with Crippen molar-refractivity contribution in [2.24, 2.45) is 0 Å². The van der Waals surface area contributed by atoms with Crippen molar-refractivity contribution >= 4 is 37.1 Å². The number of hydrogen-bond acceptors (Lipinski definition) is 6. The first-order valence-corrected chi connectivity index (χ1v) is 13.2. The lowest BCUT2D eigenvalue weighted by molar-refractivity contribution is 0.243. The number of sulfonamides is 2. The first kappa shape index (κ1) is 22.1. The summed E-state index contributed by atoms with van der Waals surface area (Å²) in [6, 6.07) is 7.57. The Morgan fingerprint density at radius 1 is 1.03 bits per heavy atom. The minimum atomic E-state index is -3.86. The molecule has 10 heteroatoms. The Balaban J connectivity index is 2.00. The van der Waals surface area contributed by atoms with E-state index in [2.05, 4.69) is 4.72 Å². The van der Waals surface area contributed by atoms with Crippen LogP contribution in [0.25, 0.3) is 0 Å². The topological polar surface area (TPSA) is 92.8 Å². The van der Waals surface area contributed by atoms with Gasteiger partial charge in [0.1, 0.15) is 9.96 Å². The van der Waals surface area contributed by atoms with E-state index in [1.807, 2.05) is 20.8 Å². The molecule has 1 saturated heterocycles. The highest BCUT2D eigenvalue weighted by Gasteiger charge is 2.28. The highest BCUT2D eigenvalue weighted by molar-refractivity contribution is 7.94. The van der Waals surface area contributed by atoms with E-state index in [-0.39, 0.29) is 26.6 Å². The molecule has 1 aromatic carbocycles. The quantitative estimate of drug-likeness (QED) is 0.681. The zero-order valence-corrected chi connectivity index (χ0v) is 19.2. The second-order valence-electron chi connectivity index (χ2n) is 7.26. The van der Waals surface area contributed by atoms with Crippen LogP contribution in [0.2, 0.25) is 0 Å². The highest BCUT2D eigenvalue weighted by Crippen LogP contribution is 2.33. The van der Waals surface area contributed by atoms with Crippen molar-refractivity contribution in [3.8, 4) is 5.75 Å². The molecule has 0 atom stereocenters. The Hall–Kier alpha value is -1.62. The van der Waals surface area contributed by atoms with E-state index in [9.17, 15) is 16.8 Å². The fraction of sp³-hybridized carbons (Fsp3) is 0.474. The van der Waals surface area contributed by atoms with Gasteiger partial charge in [0.05, 0.1) is 16.7 Å². The number of ether oxygens (including phenoxy) is 1. The van der Waals surface area contributed by atoms with Gasteiger partial charge in [-0.1, -0.05) is 6.42 Å². The summed E-state index contributed by atoms with van der Waals surface area (Å²) in [5, 5.41) is 0. The summed E-state index contributed by atoms with van der Waals surface area (Å²) in [6.07, 6.45) is 2.46. The number of aryl methyl sites for hydroxylation is 1. The minimum Gasteiger partial charge on any atom is -0.489 e. The lowest BCUT2D eigenvalue weighted by atomic mass is 10.2. The molecule has 0 spiro atoms. The van der Waals surface area contributed by atoms with Gasteiger partial charge in [-0.15, -0.1) is 11.3 Å². The van der Waals surface area contributed by atoms with E-state index >= 15 is 0 Å². The summed E-state index contributed by atoms with van der Waals surface area (Å²) in [6.45, 7) is 6.41. The number of hydrogen-bond donors (Lipinski definition) is 1. The molecule has 1 aliphatic heterocycles. The zero-order chi connectivity index (χ0) is 21.2. The predicted octanol–water partition coefficient (Wildman–Crippen LogP) is 3.82. The van der Waals surface area contributed by atoms with Crippen molar-refractivity contribution in [1.82, 2.24) is 4.31 Å². The van der Waals surface area contributed by atoms with Crippen LogP contribution in [-0.4, -0.2) is 40.3 Å². The fourth-order valence-corrected chi connectivity index (χ4v) is 7.00. The van der Waals surface area contributed by atoms with Crippen LogP contribution < -0.4 is 9.46 Å². The molecule has 0 amide bonds. The molecule has 0 radical (unpaired) electrons. The number of anilines is 1. The third-order valence-corrected chi connectivity index (χ3v) is 9.24. The number of nitrogens with zero attached hydrogens (tertiary/aromatic N) is 1. The van der Waals surface area contributed by atoms with Crippen molar-refractivity contribution < 1.29 is 21.6 Å². The Bertz CT molecular complexity index is 1070. The molecule has 0 aliphatic carbocycles. The maximum absolute atomic E-state index is 13.0. The predicted molar refractivity (Wildman–Crippen MR) is 115 cm³/mol. The molecule has 1 fully saturated rings. The van der Waals surface area contributed by atoms with Gasteiger partial charge in [-0.2, -0.15) is 4.31 Å². The minimum absolute atomic E-state index is 0.0515. The van der Waals surface area contributed by atoms with E-state index in [0.717, 1.165) is 35.5 Å². The summed E-state index contributed by atoms with van der Waals surface area (Å²) in [7, 11) is -7.56. The maximum Gasteiger partial charge on any atom is 0.271 e. The van der Waals surface area contributed by atoms with Gasteiger partial charge in [0.15, 0.2) is 0 Å². The van der Waals surface area contributed by atoms with Gasteiger partial charge in [-0.25, -0.2) is 16.8 Å². The first-order chi connectivity index (χ1) is 13.6. The standard InChI is InChI=1S/C19H26N2O5S3/c1-14(2)26-18-9-8-16(29(24,25)21-11-5-4-6-12-21)13-17(18)20-28(22,23)19-10-7-15(3)27-19/h7-10,13-14,20H,4-6,11-12H2,1-3H3. The molecule has 0 saturated carbocycles. The Labute approximate surface area is 176 Å². The van der Waals surface area contributed by atoms with Gasteiger partial charge in [0, 0.05) is 18.0 Å². The van der Waals surface area contributed by atoms with E-state index in [1.54, 1.807) is 6.07 Å². The van der Waals surface area contributed by atoms with E-state index in [1.165, 1.54) is 28.6 Å². The van der Waals surface area contributed by atoms with Gasteiger partial charge in [-0.05, 0) is 63.9 Å². The zero-order valence-electron chi connectivity index (χ0n) is 16.7. The van der Waals surface area contributed by atoms with Gasteiger partial charge < -0.3 is 4.74 Å². The maximum atomic E-state index is 13.0. The third kappa shape index (κ3) is 5.11. The molecule has 2 heterocycles. The largest absolute Gasteiger partial charge is 0.489 e. The molecule has 29 heavy (non-hydrogen) atoms. The molecule has 7 nitrogen and oxygen atoms in total. The average molecular weight is 459 g/mol. The van der Waals surface area contributed by atoms with Crippen LogP contribution in [0.4, 0.5) is 5.69 Å². The molecular formula is C19H26N2O5S3. The molecule has 0 bridgehead atoms. The summed E-state index contributed by atoms with van der Waals surface area (Å²) in [4.78, 5) is 0.918. The average Bonchev–Trinajstić information content (AvgIpc) is 3.10. The summed E-state index contributed by atoms with van der Waals surface area (Å²) in [5.41, 5.74) is 0.114. The first-order valence-electron chi connectivity index (χ1n) is 9.50. The van der Waals surface area contributed by atoms with Crippen LogP contribution >= 0.6 is 11.3 Å². The monoisotopic (exact) mass is 458 g/mol. The number of rotatable bonds is 7. The summed E-state index contributed by atoms with van der Waals surface area (Å²) in [5.74, 6) is 0.287. The summed E-state index contributed by atoms with van der Waals surface area (Å²) < 4.78 is 61.5. The lowest BCUT2D eigenvalue weighted by Crippen LogP contribution is -2.35. The molecule has 1 aliphatic rings. The third-order valence-electron chi connectivity index (χ3n) is 4.49. The molecule has 1 N–H and O–H groups in total. The van der Waals surface area contributed by atoms with Crippen molar-refractivity contribution in [2.75, 3.05) is 17.8 Å². The van der Waals surface area contributed by atoms with Crippen LogP contribution in [0, 0.1) is 6.92 Å². The Kier molecular flexibility index (Phi) is 6.57. The van der Waals surface area contributed by atoms with Crippen molar-refractivity contribution in [2.45, 2.75) is 55.2 Å². The second kappa shape index (κ2) is 8.63. The van der Waals surface area contributed by atoms with Gasteiger partial charge in [-0.3, -0.25) is 4.72 Å². The number of nitrogens with one attached hydrogen (secondary N) is 1. The van der Waals surface area contributed by atoms with Crippen LogP contribution in [0.1, 0.15) is 38.0 Å². The van der Waals surface area contributed by atoms with E-state index in [4.69, 9.17) is 4.74 Å². The van der Waals surface area contributed by atoms with Gasteiger partial charge in [0.25, 0.3) is 10.0 Å². The number of piperidine rings is 1. The Morgan fingerprint density at radius 3 is 2.31 bits per heavy atom. The van der Waals surface area contributed by atoms with Crippen LogP contribution in [0.15, 0.2) is 39.4 Å². The molecule has 1 aromatic heterocycles. The number of thiophene rings is 1. The summed E-state index contributed by atoms with van der Waals surface area (Å²) >= 11 is 1.15. The molecular weight excluding hydrogens is 432 g/mol. The Morgan fingerprint density at radius 2 is 1.72 bits per heavy atom. The highest BCUT2D eigenvalue weighted by atomic mass is 32.2. The van der Waals surface area contributed by atoms with E-state index < -0.39 is 20.0 Å². The number of benzene rings is 1. The SMILES string of the molecule is Cc1ccc(S(=O)(=O)Nc2cc(S(=O)(=O)N3CCCCC3)ccc2OC(C)C)s1. The van der Waals surface area contributed by atoms with E-state index in [0.29, 0.717) is 13.1 Å². The molecule has 160 valence electrons. The molecule has 2 aromatic rings. The van der Waals surface area contributed by atoms with Crippen molar-refractivity contribution in [3.63, 3.8) is 0 Å². The smallest absolute Gasteiger partial charge is 0.271 e. The van der Waals surface area contributed by atoms with Crippen LogP contribution in [0.5, 0.6) is 5.75 Å². The van der Waals surface area contributed by atoms with Gasteiger partial charge >= 0.3 is 0 Å². The van der Waals surface area contributed by atoms with Crippen LogP contribution in [-0.2, 0) is 20.0 Å².